The van der Waals surface area contributed by atoms with Crippen LogP contribution < -0.4 is 15.4 Å². The molecule has 0 heterocycles. The Kier molecular flexibility index (Phi) is 6.63. The van der Waals surface area contributed by atoms with Crippen LogP contribution in [0.25, 0.3) is 0 Å². The molecular weight excluding hydrogens is 364 g/mol. The van der Waals surface area contributed by atoms with Crippen LogP contribution in [0, 0.1) is 5.92 Å². The molecule has 0 unspecified atom stereocenters. The van der Waals surface area contributed by atoms with Crippen molar-refractivity contribution in [1.82, 2.24) is 0 Å². The SMILES string of the molecule is CC(C)C(=O)Nc1cccc(NC(=O)c2ccccc2OCc2ccccc2)c1. The molecule has 29 heavy (non-hydrogen) atoms. The number of carbonyl (C=O) groups excluding carboxylic acids is 2. The van der Waals surface area contributed by atoms with E-state index in [-0.39, 0.29) is 17.7 Å². The minimum absolute atomic E-state index is 0.0758. The zero-order valence-electron chi connectivity index (χ0n) is 16.5. The maximum Gasteiger partial charge on any atom is 0.259 e. The molecule has 5 nitrogen and oxygen atoms in total. The van der Waals surface area contributed by atoms with Gasteiger partial charge in [0.05, 0.1) is 5.56 Å². The average Bonchev–Trinajstić information content (AvgIpc) is 2.73. The van der Waals surface area contributed by atoms with Crippen molar-refractivity contribution in [1.29, 1.82) is 0 Å². The lowest BCUT2D eigenvalue weighted by atomic mass is 10.1. The maximum atomic E-state index is 12.8. The number of nitrogens with one attached hydrogen (secondary N) is 2. The second-order valence-electron chi connectivity index (χ2n) is 6.95. The van der Waals surface area contributed by atoms with Crippen LogP contribution in [0.2, 0.25) is 0 Å². The van der Waals surface area contributed by atoms with Gasteiger partial charge >= 0.3 is 0 Å². The highest BCUT2D eigenvalue weighted by Crippen LogP contribution is 2.22. The third-order valence-electron chi connectivity index (χ3n) is 4.28. The van der Waals surface area contributed by atoms with Crippen molar-refractivity contribution in [2.45, 2.75) is 20.5 Å². The topological polar surface area (TPSA) is 67.4 Å². The fourth-order valence-corrected chi connectivity index (χ4v) is 2.68. The molecule has 0 atom stereocenters. The van der Waals surface area contributed by atoms with E-state index in [4.69, 9.17) is 4.74 Å². The van der Waals surface area contributed by atoms with E-state index >= 15 is 0 Å². The van der Waals surface area contributed by atoms with Gasteiger partial charge in [-0.05, 0) is 35.9 Å². The highest BCUT2D eigenvalue weighted by molar-refractivity contribution is 6.06. The lowest BCUT2D eigenvalue weighted by Gasteiger charge is -2.13. The molecule has 0 aliphatic heterocycles. The van der Waals surface area contributed by atoms with E-state index in [0.717, 1.165) is 5.56 Å². The van der Waals surface area contributed by atoms with Crippen molar-refractivity contribution in [2.24, 2.45) is 5.92 Å². The third kappa shape index (κ3) is 5.69. The van der Waals surface area contributed by atoms with Gasteiger partial charge in [-0.25, -0.2) is 0 Å². The molecule has 0 saturated carbocycles. The van der Waals surface area contributed by atoms with Gasteiger partial charge in [-0.15, -0.1) is 0 Å². The van der Waals surface area contributed by atoms with Crippen molar-refractivity contribution >= 4 is 23.2 Å². The summed E-state index contributed by atoms with van der Waals surface area (Å²) in [5.74, 6) is 0.0362. The van der Waals surface area contributed by atoms with Gasteiger partial charge in [-0.3, -0.25) is 9.59 Å². The Labute approximate surface area is 170 Å². The highest BCUT2D eigenvalue weighted by Gasteiger charge is 2.13. The number of amides is 2. The summed E-state index contributed by atoms with van der Waals surface area (Å²) in [5, 5.41) is 5.70. The Morgan fingerprint density at radius 1 is 0.828 bits per heavy atom. The Balaban J connectivity index is 1.70. The first-order valence-corrected chi connectivity index (χ1v) is 9.51. The van der Waals surface area contributed by atoms with Crippen molar-refractivity contribution in [2.75, 3.05) is 10.6 Å². The molecule has 0 aliphatic rings. The molecule has 0 bridgehead atoms. The molecule has 0 spiro atoms. The summed E-state index contributed by atoms with van der Waals surface area (Å²) in [5.41, 5.74) is 2.70. The van der Waals surface area contributed by atoms with Gasteiger partial charge in [0.1, 0.15) is 12.4 Å². The van der Waals surface area contributed by atoms with Gasteiger partial charge in [0.15, 0.2) is 0 Å². The molecule has 0 aromatic heterocycles. The molecule has 2 amide bonds. The summed E-state index contributed by atoms with van der Waals surface area (Å²) >= 11 is 0. The third-order valence-corrected chi connectivity index (χ3v) is 4.28. The molecular formula is C24H24N2O3. The summed E-state index contributed by atoms with van der Waals surface area (Å²) in [6.07, 6.45) is 0. The molecule has 0 aliphatic carbocycles. The number of benzene rings is 3. The number of anilines is 2. The number of ether oxygens (including phenoxy) is 1. The van der Waals surface area contributed by atoms with E-state index in [9.17, 15) is 9.59 Å². The summed E-state index contributed by atoms with van der Waals surface area (Å²) in [4.78, 5) is 24.7. The molecule has 3 aromatic carbocycles. The van der Waals surface area contributed by atoms with Crippen LogP contribution in [0.15, 0.2) is 78.9 Å². The van der Waals surface area contributed by atoms with Crippen LogP contribution >= 0.6 is 0 Å². The average molecular weight is 388 g/mol. The number of hydrogen-bond acceptors (Lipinski definition) is 3. The molecule has 0 saturated heterocycles. The summed E-state index contributed by atoms with van der Waals surface area (Å²) in [6.45, 7) is 4.03. The maximum absolute atomic E-state index is 12.8. The first-order valence-electron chi connectivity index (χ1n) is 9.51. The van der Waals surface area contributed by atoms with E-state index in [1.54, 1.807) is 42.5 Å². The Bertz CT molecular complexity index is 984. The first-order chi connectivity index (χ1) is 14.0. The molecule has 5 heteroatoms. The monoisotopic (exact) mass is 388 g/mol. The Morgan fingerprint density at radius 3 is 2.21 bits per heavy atom. The first kappa shape index (κ1) is 20.1. The normalized spacial score (nSPS) is 10.4. The lowest BCUT2D eigenvalue weighted by molar-refractivity contribution is -0.118. The van der Waals surface area contributed by atoms with Gasteiger partial charge in [-0.2, -0.15) is 0 Å². The van der Waals surface area contributed by atoms with Crippen molar-refractivity contribution in [3.63, 3.8) is 0 Å². The van der Waals surface area contributed by atoms with Crippen LogP contribution in [0.5, 0.6) is 5.75 Å². The molecule has 0 radical (unpaired) electrons. The minimum atomic E-state index is -0.277. The zero-order chi connectivity index (χ0) is 20.6. The predicted molar refractivity (Wildman–Crippen MR) is 115 cm³/mol. The van der Waals surface area contributed by atoms with Crippen molar-refractivity contribution in [3.05, 3.63) is 90.0 Å². The van der Waals surface area contributed by atoms with Gasteiger partial charge in [0, 0.05) is 17.3 Å². The molecule has 148 valence electrons. The van der Waals surface area contributed by atoms with Crippen LogP contribution in [0.4, 0.5) is 11.4 Å². The molecule has 0 fully saturated rings. The van der Waals surface area contributed by atoms with Crippen LogP contribution in [-0.4, -0.2) is 11.8 Å². The van der Waals surface area contributed by atoms with Crippen molar-refractivity contribution in [3.8, 4) is 5.75 Å². The largest absolute Gasteiger partial charge is 0.488 e. The zero-order valence-corrected chi connectivity index (χ0v) is 16.5. The minimum Gasteiger partial charge on any atom is -0.488 e. The van der Waals surface area contributed by atoms with Gasteiger partial charge in [0.2, 0.25) is 5.91 Å². The Morgan fingerprint density at radius 2 is 1.48 bits per heavy atom. The highest BCUT2D eigenvalue weighted by atomic mass is 16.5. The molecule has 3 aromatic rings. The number of para-hydroxylation sites is 1. The van der Waals surface area contributed by atoms with Crippen molar-refractivity contribution < 1.29 is 14.3 Å². The van der Waals surface area contributed by atoms with E-state index in [1.807, 2.05) is 50.2 Å². The number of hydrogen-bond donors (Lipinski definition) is 2. The lowest BCUT2D eigenvalue weighted by Crippen LogP contribution is -2.18. The van der Waals surface area contributed by atoms with E-state index in [2.05, 4.69) is 10.6 Å². The van der Waals surface area contributed by atoms with Gasteiger partial charge in [-0.1, -0.05) is 62.4 Å². The van der Waals surface area contributed by atoms with Crippen LogP contribution in [0.1, 0.15) is 29.8 Å². The fraction of sp³-hybridized carbons (Fsp3) is 0.167. The fourth-order valence-electron chi connectivity index (χ4n) is 2.68. The Hall–Kier alpha value is -3.60. The van der Waals surface area contributed by atoms with E-state index in [0.29, 0.717) is 29.3 Å². The molecule has 3 rings (SSSR count). The van der Waals surface area contributed by atoms with Gasteiger partial charge < -0.3 is 15.4 Å². The van der Waals surface area contributed by atoms with E-state index in [1.165, 1.54) is 0 Å². The summed E-state index contributed by atoms with van der Waals surface area (Å²) in [6, 6.07) is 24.0. The molecule has 2 N–H and O–H groups in total. The summed E-state index contributed by atoms with van der Waals surface area (Å²) < 4.78 is 5.87. The smallest absolute Gasteiger partial charge is 0.259 e. The van der Waals surface area contributed by atoms with E-state index < -0.39 is 0 Å². The second kappa shape index (κ2) is 9.55. The number of carbonyl (C=O) groups is 2. The quantitative estimate of drug-likeness (QED) is 0.591. The summed E-state index contributed by atoms with van der Waals surface area (Å²) in [7, 11) is 0. The van der Waals surface area contributed by atoms with Gasteiger partial charge in [0.25, 0.3) is 5.91 Å². The van der Waals surface area contributed by atoms with Crippen LogP contribution in [-0.2, 0) is 11.4 Å². The second-order valence-corrected chi connectivity index (χ2v) is 6.95. The number of rotatable bonds is 7. The standard InChI is InChI=1S/C24H24N2O3/c1-17(2)23(27)25-19-11-8-12-20(15-19)26-24(28)21-13-6-7-14-22(21)29-16-18-9-4-3-5-10-18/h3-15,17H,16H2,1-2H3,(H,25,27)(H,26,28). The predicted octanol–water partition coefficient (Wildman–Crippen LogP) is 5.11. The van der Waals surface area contributed by atoms with Crippen LogP contribution in [0.3, 0.4) is 0 Å².